The molecule has 0 fully saturated rings. The molecule has 0 aliphatic rings. The lowest BCUT2D eigenvalue weighted by atomic mass is 10.2. The maximum atomic E-state index is 13.3. The van der Waals surface area contributed by atoms with Crippen LogP contribution in [-0.2, 0) is 14.3 Å². The van der Waals surface area contributed by atoms with Gasteiger partial charge < -0.3 is 10.1 Å². The second kappa shape index (κ2) is 7.00. The first-order valence-corrected chi connectivity index (χ1v) is 5.76. The Morgan fingerprint density at radius 2 is 1.38 bits per heavy atom. The van der Waals surface area contributed by atoms with Crippen LogP contribution in [0, 0.1) is 29.1 Å². The monoisotopic (exact) mass is 311 g/mol. The third-order valence-corrected chi connectivity index (χ3v) is 2.34. The molecular weight excluding hydrogens is 301 g/mol. The summed E-state index contributed by atoms with van der Waals surface area (Å²) in [7, 11) is 0. The van der Waals surface area contributed by atoms with Gasteiger partial charge in [0.2, 0.25) is 11.7 Å². The number of anilines is 1. The van der Waals surface area contributed by atoms with Crippen molar-refractivity contribution in [3.63, 3.8) is 0 Å². The number of nitrogens with one attached hydrogen (secondary N) is 1. The van der Waals surface area contributed by atoms with E-state index in [2.05, 4.69) is 4.74 Å². The average Bonchev–Trinajstić information content (AvgIpc) is 2.46. The molecule has 21 heavy (non-hydrogen) atoms. The van der Waals surface area contributed by atoms with Gasteiger partial charge in [0.1, 0.15) is 5.69 Å². The minimum absolute atomic E-state index is 0.0814. The van der Waals surface area contributed by atoms with E-state index in [1.165, 1.54) is 6.92 Å². The first-order chi connectivity index (χ1) is 9.79. The number of amides is 1. The topological polar surface area (TPSA) is 55.4 Å². The molecule has 0 heterocycles. The zero-order chi connectivity index (χ0) is 16.2. The lowest BCUT2D eigenvalue weighted by molar-refractivity contribution is -0.144. The lowest BCUT2D eigenvalue weighted by Crippen LogP contribution is -2.18. The van der Waals surface area contributed by atoms with Crippen molar-refractivity contribution in [2.75, 3.05) is 11.9 Å². The summed E-state index contributed by atoms with van der Waals surface area (Å²) < 4.78 is 69.6. The normalized spacial score (nSPS) is 10.4. The molecule has 1 N–H and O–H groups in total. The van der Waals surface area contributed by atoms with Crippen LogP contribution in [0.2, 0.25) is 0 Å². The summed E-state index contributed by atoms with van der Waals surface area (Å²) >= 11 is 0. The predicted molar refractivity (Wildman–Crippen MR) is 60.7 cm³/mol. The number of hydrogen-bond acceptors (Lipinski definition) is 3. The molecule has 1 aromatic carbocycles. The van der Waals surface area contributed by atoms with Crippen molar-refractivity contribution in [3.05, 3.63) is 29.1 Å². The van der Waals surface area contributed by atoms with E-state index in [0.717, 1.165) is 0 Å². The molecule has 0 spiro atoms. The minimum atomic E-state index is -2.32. The summed E-state index contributed by atoms with van der Waals surface area (Å²) in [6.07, 6.45) is -0.923. The highest BCUT2D eigenvalue weighted by Gasteiger charge is 2.26. The molecule has 0 bridgehead atoms. The molecule has 116 valence electrons. The third kappa shape index (κ3) is 3.89. The fraction of sp³-hybridized carbons (Fsp3) is 0.333. The number of carbonyl (C=O) groups excluding carboxylic acids is 2. The fourth-order valence-corrected chi connectivity index (χ4v) is 1.37. The van der Waals surface area contributed by atoms with E-state index in [9.17, 15) is 31.5 Å². The largest absolute Gasteiger partial charge is 0.466 e. The van der Waals surface area contributed by atoms with Gasteiger partial charge in [-0.15, -0.1) is 0 Å². The third-order valence-electron chi connectivity index (χ3n) is 2.34. The molecule has 1 aromatic rings. The van der Waals surface area contributed by atoms with Gasteiger partial charge in [0.05, 0.1) is 13.0 Å². The van der Waals surface area contributed by atoms with Gasteiger partial charge in [-0.2, -0.15) is 0 Å². The van der Waals surface area contributed by atoms with Crippen molar-refractivity contribution in [2.24, 2.45) is 0 Å². The van der Waals surface area contributed by atoms with E-state index in [1.54, 1.807) is 5.32 Å². The van der Waals surface area contributed by atoms with Gasteiger partial charge in [-0.05, 0) is 6.92 Å². The Bertz CT molecular complexity index is 547. The van der Waals surface area contributed by atoms with Crippen LogP contribution in [0.3, 0.4) is 0 Å². The highest BCUT2D eigenvalue weighted by molar-refractivity contribution is 5.92. The van der Waals surface area contributed by atoms with Crippen molar-refractivity contribution >= 4 is 17.6 Å². The van der Waals surface area contributed by atoms with E-state index in [4.69, 9.17) is 0 Å². The SMILES string of the molecule is CCOC(=O)CCC(=O)Nc1c(F)c(F)c(F)c(F)c1F. The van der Waals surface area contributed by atoms with Crippen molar-refractivity contribution < 1.29 is 36.3 Å². The number of ether oxygens (including phenoxy) is 1. The van der Waals surface area contributed by atoms with Gasteiger partial charge in [-0.3, -0.25) is 9.59 Å². The first-order valence-electron chi connectivity index (χ1n) is 5.76. The summed E-state index contributed by atoms with van der Waals surface area (Å²) in [4.78, 5) is 22.3. The standard InChI is InChI=1S/C12H10F5NO3/c1-2-21-6(20)4-3-5(19)18-12-10(16)8(14)7(13)9(15)11(12)17/h2-4H2,1H3,(H,18,19). The Kier molecular flexibility index (Phi) is 5.62. The summed E-state index contributed by atoms with van der Waals surface area (Å²) in [5.74, 6) is -12.8. The Hall–Kier alpha value is -2.19. The number of rotatable bonds is 5. The molecule has 4 nitrogen and oxygen atoms in total. The Morgan fingerprint density at radius 3 is 1.86 bits per heavy atom. The molecule has 1 amide bonds. The van der Waals surface area contributed by atoms with Crippen LogP contribution in [0.4, 0.5) is 27.6 Å². The second-order valence-electron chi connectivity index (χ2n) is 3.80. The van der Waals surface area contributed by atoms with Crippen LogP contribution in [0.25, 0.3) is 0 Å². The first kappa shape index (κ1) is 16.9. The molecule has 1 rings (SSSR count). The molecule has 0 saturated carbocycles. The molecule has 0 aliphatic heterocycles. The summed E-state index contributed by atoms with van der Waals surface area (Å²) in [6.45, 7) is 1.62. The van der Waals surface area contributed by atoms with E-state index in [1.807, 2.05) is 0 Å². The van der Waals surface area contributed by atoms with Crippen molar-refractivity contribution in [3.8, 4) is 0 Å². The van der Waals surface area contributed by atoms with Gasteiger partial charge >= 0.3 is 5.97 Å². The quantitative estimate of drug-likeness (QED) is 0.394. The molecule has 0 unspecified atom stereocenters. The maximum absolute atomic E-state index is 13.3. The van der Waals surface area contributed by atoms with Gasteiger partial charge in [0.25, 0.3) is 0 Å². The second-order valence-corrected chi connectivity index (χ2v) is 3.80. The molecule has 0 aromatic heterocycles. The van der Waals surface area contributed by atoms with Crippen molar-refractivity contribution in [1.82, 2.24) is 0 Å². The number of halogens is 5. The van der Waals surface area contributed by atoms with E-state index >= 15 is 0 Å². The number of carbonyl (C=O) groups is 2. The van der Waals surface area contributed by atoms with Crippen LogP contribution < -0.4 is 5.32 Å². The van der Waals surface area contributed by atoms with Gasteiger partial charge in [0, 0.05) is 6.42 Å². The molecular formula is C12H10F5NO3. The van der Waals surface area contributed by atoms with Crippen molar-refractivity contribution in [1.29, 1.82) is 0 Å². The smallest absolute Gasteiger partial charge is 0.306 e. The average molecular weight is 311 g/mol. The maximum Gasteiger partial charge on any atom is 0.306 e. The number of esters is 1. The van der Waals surface area contributed by atoms with E-state index in [-0.39, 0.29) is 6.61 Å². The van der Waals surface area contributed by atoms with Crippen LogP contribution in [-0.4, -0.2) is 18.5 Å². The zero-order valence-electron chi connectivity index (χ0n) is 10.7. The van der Waals surface area contributed by atoms with Gasteiger partial charge in [-0.25, -0.2) is 22.0 Å². The fourth-order valence-electron chi connectivity index (χ4n) is 1.37. The summed E-state index contributed by atoms with van der Waals surface area (Å²) in [5, 5.41) is 1.54. The molecule has 0 saturated heterocycles. The van der Waals surface area contributed by atoms with E-state index in [0.29, 0.717) is 0 Å². The predicted octanol–water partition coefficient (Wildman–Crippen LogP) is 2.66. The minimum Gasteiger partial charge on any atom is -0.466 e. The van der Waals surface area contributed by atoms with E-state index < -0.39 is 59.5 Å². The zero-order valence-corrected chi connectivity index (χ0v) is 10.7. The Labute approximate surface area is 115 Å². The summed E-state index contributed by atoms with van der Waals surface area (Å²) in [5.41, 5.74) is -1.46. The number of benzene rings is 1. The molecule has 9 heteroatoms. The van der Waals surface area contributed by atoms with Crippen LogP contribution in [0.5, 0.6) is 0 Å². The van der Waals surface area contributed by atoms with Crippen LogP contribution in [0.1, 0.15) is 19.8 Å². The highest BCUT2D eigenvalue weighted by atomic mass is 19.2. The Morgan fingerprint density at radius 1 is 0.905 bits per heavy atom. The van der Waals surface area contributed by atoms with Gasteiger partial charge in [-0.1, -0.05) is 0 Å². The Balaban J connectivity index is 2.84. The lowest BCUT2D eigenvalue weighted by Gasteiger charge is -2.09. The van der Waals surface area contributed by atoms with Gasteiger partial charge in [0.15, 0.2) is 23.3 Å². The molecule has 0 radical (unpaired) electrons. The molecule has 0 aliphatic carbocycles. The van der Waals surface area contributed by atoms with Crippen LogP contribution in [0.15, 0.2) is 0 Å². The molecule has 0 atom stereocenters. The highest BCUT2D eigenvalue weighted by Crippen LogP contribution is 2.27. The van der Waals surface area contributed by atoms with Crippen molar-refractivity contribution in [2.45, 2.75) is 19.8 Å². The van der Waals surface area contributed by atoms with Crippen LogP contribution >= 0.6 is 0 Å². The number of hydrogen-bond donors (Lipinski definition) is 1. The summed E-state index contributed by atoms with van der Waals surface area (Å²) in [6, 6.07) is 0.